The maximum atomic E-state index is 11.9. The van der Waals surface area contributed by atoms with E-state index in [9.17, 15) is 18.0 Å². The Morgan fingerprint density at radius 3 is 2.25 bits per heavy atom. The summed E-state index contributed by atoms with van der Waals surface area (Å²) in [4.78, 5) is 21.5. The molecular weight excluding hydrogens is 288 g/mol. The van der Waals surface area contributed by atoms with Crippen LogP contribution in [0.5, 0.6) is 0 Å². The summed E-state index contributed by atoms with van der Waals surface area (Å²) in [7, 11) is -2.73. The summed E-state index contributed by atoms with van der Waals surface area (Å²) in [6.07, 6.45) is -0.682. The molecule has 1 aromatic carbocycles. The van der Waals surface area contributed by atoms with Gasteiger partial charge in [-0.3, -0.25) is 10.1 Å². The quantitative estimate of drug-likeness (QED) is 0.732. The fourth-order valence-corrected chi connectivity index (χ4v) is 2.43. The number of aliphatic carboxylic acids is 1. The molecule has 1 aromatic rings. The number of amides is 1. The molecule has 0 heterocycles. The third-order valence-corrected chi connectivity index (χ3v) is 3.86. The largest absolute Gasteiger partial charge is 0.480 e. The molecule has 3 N–H and O–H groups in total. The Labute approximate surface area is 115 Å². The highest BCUT2D eigenvalue weighted by atomic mass is 32.2. The monoisotopic (exact) mass is 302 g/mol. The van der Waals surface area contributed by atoms with Crippen molar-refractivity contribution in [3.63, 3.8) is 0 Å². The Bertz CT molecular complexity index is 596. The second-order valence-corrected chi connectivity index (χ2v) is 5.54. The summed E-state index contributed by atoms with van der Waals surface area (Å²) < 4.78 is 30.1. The van der Waals surface area contributed by atoms with Crippen LogP contribution in [0.2, 0.25) is 0 Å². The molecule has 0 unspecified atom stereocenters. The molecular formula is C11H14N2O6S. The standard InChI is InChI=1S/C11H14N2O6S/c1-7(10(14)15)13-20(17,18)9-5-3-8(4-6-9)12-11(16)19-2/h3-7,13H,1-2H3,(H,12,16)(H,14,15)/t7-/m0/s1. The molecule has 0 bridgehead atoms. The second-order valence-electron chi connectivity index (χ2n) is 3.82. The minimum Gasteiger partial charge on any atom is -0.480 e. The molecule has 0 aromatic heterocycles. The van der Waals surface area contributed by atoms with Gasteiger partial charge in [0.05, 0.1) is 12.0 Å². The number of ether oxygens (including phenoxy) is 1. The summed E-state index contributed by atoms with van der Waals surface area (Å²) in [5, 5.41) is 11.0. The lowest BCUT2D eigenvalue weighted by atomic mass is 10.3. The smallest absolute Gasteiger partial charge is 0.411 e. The molecule has 9 heteroatoms. The number of hydrogen-bond donors (Lipinski definition) is 3. The zero-order chi connectivity index (χ0) is 15.3. The van der Waals surface area contributed by atoms with E-state index in [0.717, 1.165) is 0 Å². The highest BCUT2D eigenvalue weighted by Crippen LogP contribution is 2.14. The molecule has 0 aliphatic carbocycles. The first-order valence-electron chi connectivity index (χ1n) is 5.46. The number of hydrogen-bond acceptors (Lipinski definition) is 5. The van der Waals surface area contributed by atoms with Crippen LogP contribution in [0.3, 0.4) is 0 Å². The SMILES string of the molecule is COC(=O)Nc1ccc(S(=O)(=O)N[C@@H](C)C(=O)O)cc1. The zero-order valence-electron chi connectivity index (χ0n) is 10.8. The number of carboxylic acid groups (broad SMARTS) is 1. The van der Waals surface area contributed by atoms with Gasteiger partial charge in [0, 0.05) is 5.69 Å². The van der Waals surface area contributed by atoms with Gasteiger partial charge in [-0.1, -0.05) is 0 Å². The Kier molecular flexibility index (Phi) is 5.06. The first-order valence-corrected chi connectivity index (χ1v) is 6.95. The normalized spacial score (nSPS) is 12.5. The summed E-state index contributed by atoms with van der Waals surface area (Å²) in [6.45, 7) is 1.22. The van der Waals surface area contributed by atoms with Crippen molar-refractivity contribution in [1.29, 1.82) is 0 Å². The Balaban J connectivity index is 2.87. The van der Waals surface area contributed by atoms with Gasteiger partial charge in [-0.05, 0) is 31.2 Å². The number of carbonyl (C=O) groups is 2. The fraction of sp³-hybridized carbons (Fsp3) is 0.273. The van der Waals surface area contributed by atoms with E-state index in [4.69, 9.17) is 5.11 Å². The van der Waals surface area contributed by atoms with Crippen LogP contribution in [0.4, 0.5) is 10.5 Å². The van der Waals surface area contributed by atoms with Gasteiger partial charge in [0.1, 0.15) is 6.04 Å². The van der Waals surface area contributed by atoms with E-state index >= 15 is 0 Å². The number of carbonyl (C=O) groups excluding carboxylic acids is 1. The number of sulfonamides is 1. The van der Waals surface area contributed by atoms with Gasteiger partial charge in [0.2, 0.25) is 10.0 Å². The molecule has 0 aliphatic heterocycles. The maximum absolute atomic E-state index is 11.9. The number of rotatable bonds is 5. The lowest BCUT2D eigenvalue weighted by Crippen LogP contribution is -2.38. The van der Waals surface area contributed by atoms with Crippen molar-refractivity contribution < 1.29 is 27.9 Å². The van der Waals surface area contributed by atoms with Gasteiger partial charge >= 0.3 is 12.1 Å². The third-order valence-electron chi connectivity index (χ3n) is 2.30. The molecule has 0 aliphatic rings. The zero-order valence-corrected chi connectivity index (χ0v) is 11.6. The molecule has 8 nitrogen and oxygen atoms in total. The maximum Gasteiger partial charge on any atom is 0.411 e. The first kappa shape index (κ1) is 15.9. The molecule has 0 saturated carbocycles. The van der Waals surface area contributed by atoms with Gasteiger partial charge in [-0.15, -0.1) is 0 Å². The third kappa shape index (κ3) is 4.21. The minimum absolute atomic E-state index is 0.110. The van der Waals surface area contributed by atoms with E-state index in [1.807, 2.05) is 4.72 Å². The van der Waals surface area contributed by atoms with Gasteiger partial charge in [0.15, 0.2) is 0 Å². The summed E-state index contributed by atoms with van der Waals surface area (Å²) in [6, 6.07) is 3.95. The van der Waals surface area contributed by atoms with Crippen molar-refractivity contribution in [2.75, 3.05) is 12.4 Å². The van der Waals surface area contributed by atoms with Gasteiger partial charge in [0.25, 0.3) is 0 Å². The van der Waals surface area contributed by atoms with E-state index < -0.39 is 28.1 Å². The Morgan fingerprint density at radius 2 is 1.80 bits per heavy atom. The van der Waals surface area contributed by atoms with Crippen LogP contribution in [0.15, 0.2) is 29.2 Å². The second kappa shape index (κ2) is 6.35. The van der Waals surface area contributed by atoms with E-state index in [0.29, 0.717) is 5.69 Å². The summed E-state index contributed by atoms with van der Waals surface area (Å²) >= 11 is 0. The van der Waals surface area contributed by atoms with Gasteiger partial charge < -0.3 is 9.84 Å². The van der Waals surface area contributed by atoms with E-state index in [1.165, 1.54) is 38.3 Å². The van der Waals surface area contributed by atoms with Crippen molar-refractivity contribution in [3.8, 4) is 0 Å². The minimum atomic E-state index is -3.93. The van der Waals surface area contributed by atoms with E-state index in [-0.39, 0.29) is 4.90 Å². The molecule has 1 rings (SSSR count). The Morgan fingerprint density at radius 1 is 1.25 bits per heavy atom. The van der Waals surface area contributed by atoms with E-state index in [1.54, 1.807) is 0 Å². The molecule has 0 radical (unpaired) electrons. The van der Waals surface area contributed by atoms with Crippen LogP contribution >= 0.6 is 0 Å². The number of anilines is 1. The molecule has 1 atom stereocenters. The van der Waals surface area contributed by atoms with E-state index in [2.05, 4.69) is 10.1 Å². The Hall–Kier alpha value is -2.13. The van der Waals surface area contributed by atoms with Gasteiger partial charge in [-0.25, -0.2) is 13.2 Å². The number of methoxy groups -OCH3 is 1. The molecule has 0 fully saturated rings. The van der Waals surface area contributed by atoms with Crippen LogP contribution < -0.4 is 10.0 Å². The van der Waals surface area contributed by atoms with Crippen molar-refractivity contribution in [3.05, 3.63) is 24.3 Å². The molecule has 1 amide bonds. The molecule has 20 heavy (non-hydrogen) atoms. The average Bonchev–Trinajstić information content (AvgIpc) is 2.38. The average molecular weight is 302 g/mol. The van der Waals surface area contributed by atoms with Crippen molar-refractivity contribution in [1.82, 2.24) is 4.72 Å². The topological polar surface area (TPSA) is 122 Å². The summed E-state index contributed by atoms with van der Waals surface area (Å²) in [5.41, 5.74) is 0.349. The van der Waals surface area contributed by atoms with Crippen LogP contribution in [0, 0.1) is 0 Å². The summed E-state index contributed by atoms with van der Waals surface area (Å²) in [5.74, 6) is -1.28. The first-order chi connectivity index (χ1) is 9.26. The number of benzene rings is 1. The number of carboxylic acids is 1. The van der Waals surface area contributed by atoms with Crippen molar-refractivity contribution in [2.45, 2.75) is 17.9 Å². The predicted molar refractivity (Wildman–Crippen MR) is 69.9 cm³/mol. The van der Waals surface area contributed by atoms with Crippen LogP contribution in [-0.4, -0.2) is 38.7 Å². The van der Waals surface area contributed by atoms with Crippen molar-refractivity contribution in [2.24, 2.45) is 0 Å². The van der Waals surface area contributed by atoms with Gasteiger partial charge in [-0.2, -0.15) is 4.72 Å². The predicted octanol–water partition coefficient (Wildman–Crippen LogP) is 0.616. The molecule has 0 spiro atoms. The lowest BCUT2D eigenvalue weighted by molar-refractivity contribution is -0.138. The highest BCUT2D eigenvalue weighted by molar-refractivity contribution is 7.89. The lowest BCUT2D eigenvalue weighted by Gasteiger charge is -2.10. The van der Waals surface area contributed by atoms with Crippen LogP contribution in [0.1, 0.15) is 6.92 Å². The molecule has 110 valence electrons. The fourth-order valence-electron chi connectivity index (χ4n) is 1.24. The number of nitrogens with one attached hydrogen (secondary N) is 2. The van der Waals surface area contributed by atoms with Crippen molar-refractivity contribution >= 4 is 27.8 Å². The highest BCUT2D eigenvalue weighted by Gasteiger charge is 2.21. The molecule has 0 saturated heterocycles. The van der Waals surface area contributed by atoms with Crippen LogP contribution in [-0.2, 0) is 19.6 Å². The van der Waals surface area contributed by atoms with Crippen LogP contribution in [0.25, 0.3) is 0 Å².